The van der Waals surface area contributed by atoms with E-state index in [9.17, 15) is 0 Å². The first-order valence-corrected chi connectivity index (χ1v) is 3.33. The van der Waals surface area contributed by atoms with Gasteiger partial charge in [-0.25, -0.2) is 0 Å². The van der Waals surface area contributed by atoms with Crippen LogP contribution in [0, 0.1) is 5.92 Å². The highest BCUT2D eigenvalue weighted by Crippen LogP contribution is 2.09. The predicted octanol–water partition coefficient (Wildman–Crippen LogP) is 1.52. The van der Waals surface area contributed by atoms with Crippen molar-refractivity contribution in [3.8, 4) is 0 Å². The molecule has 0 radical (unpaired) electrons. The van der Waals surface area contributed by atoms with Crippen molar-refractivity contribution in [2.24, 2.45) is 5.92 Å². The van der Waals surface area contributed by atoms with Gasteiger partial charge in [0.2, 0.25) is 0 Å². The van der Waals surface area contributed by atoms with Crippen molar-refractivity contribution in [3.63, 3.8) is 0 Å². The molecule has 0 fully saturated rings. The van der Waals surface area contributed by atoms with Gasteiger partial charge in [0.25, 0.3) is 0 Å². The summed E-state index contributed by atoms with van der Waals surface area (Å²) in [6.45, 7) is 3.39. The monoisotopic (exact) mass is 111 g/mol. The molecule has 1 heteroatoms. The zero-order valence-electron chi connectivity index (χ0n) is 5.35. The maximum absolute atomic E-state index is 3.18. The summed E-state index contributed by atoms with van der Waals surface area (Å²) in [7, 11) is 0. The Kier molecular flexibility index (Phi) is 1.95. The summed E-state index contributed by atoms with van der Waals surface area (Å²) in [4.78, 5) is 0. The Labute approximate surface area is 50.8 Å². The van der Waals surface area contributed by atoms with Gasteiger partial charge >= 0.3 is 0 Å². The highest BCUT2D eigenvalue weighted by Gasteiger charge is 2.05. The molecule has 46 valence electrons. The number of hydrogen-bond acceptors (Lipinski definition) is 1. The third-order valence-electron chi connectivity index (χ3n) is 1.53. The lowest BCUT2D eigenvalue weighted by Gasteiger charge is -2.01. The standard InChI is InChI=1S/C7H13N/c1-2-3-7-4-5-8-6-7/h4-5,7-8H,2-3,6H2,1H3. The van der Waals surface area contributed by atoms with E-state index in [2.05, 4.69) is 24.5 Å². The second-order valence-corrected chi connectivity index (χ2v) is 2.32. The van der Waals surface area contributed by atoms with E-state index in [1.54, 1.807) is 0 Å². The van der Waals surface area contributed by atoms with Crippen molar-refractivity contribution < 1.29 is 0 Å². The van der Waals surface area contributed by atoms with Crippen molar-refractivity contribution in [3.05, 3.63) is 12.3 Å². The summed E-state index contributed by atoms with van der Waals surface area (Å²) in [5.74, 6) is 0.819. The third kappa shape index (κ3) is 1.25. The Bertz CT molecular complexity index is 86.4. The molecule has 8 heavy (non-hydrogen) atoms. The Morgan fingerprint density at radius 2 is 2.62 bits per heavy atom. The average Bonchev–Trinajstić information content (AvgIpc) is 2.19. The van der Waals surface area contributed by atoms with E-state index < -0.39 is 0 Å². The molecule has 0 aromatic heterocycles. The average molecular weight is 111 g/mol. The molecule has 0 bridgehead atoms. The summed E-state index contributed by atoms with van der Waals surface area (Å²) in [5, 5.41) is 3.18. The molecule has 1 unspecified atom stereocenters. The second-order valence-electron chi connectivity index (χ2n) is 2.32. The van der Waals surface area contributed by atoms with Crippen LogP contribution in [0.15, 0.2) is 12.3 Å². The molecule has 0 saturated carbocycles. The third-order valence-corrected chi connectivity index (χ3v) is 1.53. The largest absolute Gasteiger partial charge is 0.391 e. The van der Waals surface area contributed by atoms with Gasteiger partial charge in [0.1, 0.15) is 0 Å². The Balaban J connectivity index is 2.16. The van der Waals surface area contributed by atoms with Crippen molar-refractivity contribution in [2.45, 2.75) is 19.8 Å². The molecule has 0 spiro atoms. The lowest BCUT2D eigenvalue weighted by molar-refractivity contribution is 0.589. The van der Waals surface area contributed by atoms with Crippen LogP contribution in [0.3, 0.4) is 0 Å². The fourth-order valence-corrected chi connectivity index (χ4v) is 1.06. The van der Waals surface area contributed by atoms with Crippen LogP contribution in [0.4, 0.5) is 0 Å². The first-order chi connectivity index (χ1) is 3.93. The van der Waals surface area contributed by atoms with Crippen LogP contribution >= 0.6 is 0 Å². The Hall–Kier alpha value is -0.460. The smallest absolute Gasteiger partial charge is 0.0204 e. The SMILES string of the molecule is CCCC1C=CNC1. The minimum Gasteiger partial charge on any atom is -0.391 e. The van der Waals surface area contributed by atoms with Gasteiger partial charge in [-0.05, 0) is 18.5 Å². The van der Waals surface area contributed by atoms with Gasteiger partial charge < -0.3 is 5.32 Å². The van der Waals surface area contributed by atoms with Crippen LogP contribution in [-0.4, -0.2) is 6.54 Å². The molecule has 1 N–H and O–H groups in total. The summed E-state index contributed by atoms with van der Waals surface area (Å²) < 4.78 is 0. The zero-order chi connectivity index (χ0) is 5.82. The van der Waals surface area contributed by atoms with Gasteiger partial charge in [-0.2, -0.15) is 0 Å². The zero-order valence-corrected chi connectivity index (χ0v) is 5.35. The van der Waals surface area contributed by atoms with E-state index in [1.807, 2.05) is 0 Å². The summed E-state index contributed by atoms with van der Waals surface area (Å²) in [6, 6.07) is 0. The number of rotatable bonds is 2. The van der Waals surface area contributed by atoms with E-state index >= 15 is 0 Å². The van der Waals surface area contributed by atoms with E-state index in [1.165, 1.54) is 12.8 Å². The van der Waals surface area contributed by atoms with Gasteiger partial charge in [-0.15, -0.1) is 0 Å². The molecule has 1 atom stereocenters. The van der Waals surface area contributed by atoms with Crippen LogP contribution in [0.1, 0.15) is 19.8 Å². The van der Waals surface area contributed by atoms with Crippen molar-refractivity contribution in [1.29, 1.82) is 0 Å². The van der Waals surface area contributed by atoms with Gasteiger partial charge in [-0.1, -0.05) is 19.4 Å². The molecule has 1 heterocycles. The molecule has 0 aromatic carbocycles. The van der Waals surface area contributed by atoms with Crippen LogP contribution in [0.5, 0.6) is 0 Å². The molecule has 0 amide bonds. The molecular weight excluding hydrogens is 98.1 g/mol. The summed E-state index contributed by atoms with van der Waals surface area (Å²) in [5.41, 5.74) is 0. The van der Waals surface area contributed by atoms with E-state index in [-0.39, 0.29) is 0 Å². The first kappa shape index (κ1) is 5.67. The fraction of sp³-hybridized carbons (Fsp3) is 0.714. The summed E-state index contributed by atoms with van der Waals surface area (Å²) in [6.07, 6.45) is 6.95. The highest BCUT2D eigenvalue weighted by atomic mass is 14.9. The van der Waals surface area contributed by atoms with E-state index in [4.69, 9.17) is 0 Å². The molecule has 1 aliphatic heterocycles. The molecule has 0 aromatic rings. The van der Waals surface area contributed by atoms with Crippen LogP contribution in [0.25, 0.3) is 0 Å². The summed E-state index contributed by atoms with van der Waals surface area (Å²) >= 11 is 0. The highest BCUT2D eigenvalue weighted by molar-refractivity contribution is 4.94. The quantitative estimate of drug-likeness (QED) is 0.569. The maximum Gasteiger partial charge on any atom is 0.0204 e. The van der Waals surface area contributed by atoms with E-state index in [0.717, 1.165) is 12.5 Å². The Morgan fingerprint density at radius 1 is 1.75 bits per heavy atom. The van der Waals surface area contributed by atoms with Crippen LogP contribution in [0.2, 0.25) is 0 Å². The number of nitrogens with one attached hydrogen (secondary N) is 1. The van der Waals surface area contributed by atoms with Crippen LogP contribution < -0.4 is 5.32 Å². The van der Waals surface area contributed by atoms with Gasteiger partial charge in [-0.3, -0.25) is 0 Å². The molecule has 0 saturated heterocycles. The number of hydrogen-bond donors (Lipinski definition) is 1. The molecule has 1 nitrogen and oxygen atoms in total. The van der Waals surface area contributed by atoms with Gasteiger partial charge in [0.15, 0.2) is 0 Å². The predicted molar refractivity (Wildman–Crippen MR) is 35.5 cm³/mol. The topological polar surface area (TPSA) is 12.0 Å². The Morgan fingerprint density at radius 3 is 3.12 bits per heavy atom. The van der Waals surface area contributed by atoms with Crippen LogP contribution in [-0.2, 0) is 0 Å². The van der Waals surface area contributed by atoms with Gasteiger partial charge in [0.05, 0.1) is 0 Å². The lowest BCUT2D eigenvalue weighted by atomic mass is 10.1. The normalized spacial score (nSPS) is 25.9. The molecule has 1 rings (SSSR count). The second kappa shape index (κ2) is 2.75. The first-order valence-electron chi connectivity index (χ1n) is 3.33. The lowest BCUT2D eigenvalue weighted by Crippen LogP contribution is -2.07. The molecule has 0 aliphatic carbocycles. The fourth-order valence-electron chi connectivity index (χ4n) is 1.06. The van der Waals surface area contributed by atoms with Crippen molar-refractivity contribution in [2.75, 3.05) is 6.54 Å². The van der Waals surface area contributed by atoms with Crippen molar-refractivity contribution in [1.82, 2.24) is 5.32 Å². The molecule has 1 aliphatic rings. The molecular formula is C7H13N. The van der Waals surface area contributed by atoms with E-state index in [0.29, 0.717) is 0 Å². The minimum absolute atomic E-state index is 0.819. The minimum atomic E-state index is 0.819. The van der Waals surface area contributed by atoms with Gasteiger partial charge in [0, 0.05) is 6.54 Å². The van der Waals surface area contributed by atoms with Crippen molar-refractivity contribution >= 4 is 0 Å². The maximum atomic E-state index is 3.18.